The van der Waals surface area contributed by atoms with Crippen molar-refractivity contribution in [1.82, 2.24) is 20.2 Å². The van der Waals surface area contributed by atoms with Crippen LogP contribution in [-0.4, -0.2) is 52.1 Å². The molecule has 2 amide bonds. The zero-order chi connectivity index (χ0) is 16.4. The number of likely N-dealkylation sites (tertiary alicyclic amines) is 1. The lowest BCUT2D eigenvalue weighted by Gasteiger charge is -2.32. The third-order valence-electron chi connectivity index (χ3n) is 4.24. The molecule has 0 radical (unpaired) electrons. The summed E-state index contributed by atoms with van der Waals surface area (Å²) in [6.45, 7) is 3.03. The molecule has 1 saturated carbocycles. The topological polar surface area (TPSA) is 75.2 Å². The van der Waals surface area contributed by atoms with E-state index in [2.05, 4.69) is 15.3 Å². The highest BCUT2D eigenvalue weighted by Crippen LogP contribution is 2.23. The van der Waals surface area contributed by atoms with Gasteiger partial charge in [-0.1, -0.05) is 11.8 Å². The van der Waals surface area contributed by atoms with Gasteiger partial charge in [0.05, 0.1) is 5.92 Å². The molecule has 1 saturated heterocycles. The molecule has 1 aromatic heterocycles. The fourth-order valence-corrected chi connectivity index (χ4v) is 3.25. The van der Waals surface area contributed by atoms with Crippen molar-refractivity contribution in [1.29, 1.82) is 0 Å². The molecule has 23 heavy (non-hydrogen) atoms. The Morgan fingerprint density at radius 3 is 2.78 bits per heavy atom. The number of nitrogens with zero attached hydrogens (tertiary/aromatic N) is 3. The van der Waals surface area contributed by atoms with Crippen molar-refractivity contribution in [3.63, 3.8) is 0 Å². The van der Waals surface area contributed by atoms with E-state index in [-0.39, 0.29) is 17.7 Å². The third kappa shape index (κ3) is 4.02. The van der Waals surface area contributed by atoms with Crippen molar-refractivity contribution in [2.24, 2.45) is 5.92 Å². The Morgan fingerprint density at radius 1 is 1.30 bits per heavy atom. The molecular formula is C16H22N4O2S. The van der Waals surface area contributed by atoms with Gasteiger partial charge in [-0.3, -0.25) is 9.59 Å². The van der Waals surface area contributed by atoms with Crippen LogP contribution in [0, 0.1) is 12.8 Å². The molecule has 6 nitrogen and oxygen atoms in total. The minimum atomic E-state index is -0.102. The average molecular weight is 334 g/mol. The zero-order valence-electron chi connectivity index (χ0n) is 13.5. The Bertz CT molecular complexity index is 618. The number of rotatable bonds is 4. The number of piperidine rings is 1. The Kier molecular flexibility index (Phi) is 4.84. The van der Waals surface area contributed by atoms with Crippen molar-refractivity contribution < 1.29 is 9.59 Å². The first-order valence-corrected chi connectivity index (χ1v) is 9.28. The average Bonchev–Trinajstić information content (AvgIpc) is 3.37. The number of hydrogen-bond donors (Lipinski definition) is 1. The smallest absolute Gasteiger partial charge is 0.272 e. The van der Waals surface area contributed by atoms with Gasteiger partial charge < -0.3 is 10.2 Å². The summed E-state index contributed by atoms with van der Waals surface area (Å²) < 4.78 is 0. The highest BCUT2D eigenvalue weighted by atomic mass is 32.2. The van der Waals surface area contributed by atoms with E-state index in [0.29, 0.717) is 30.0 Å². The first kappa shape index (κ1) is 16.2. The number of hydrogen-bond acceptors (Lipinski definition) is 5. The Morgan fingerprint density at radius 2 is 2.09 bits per heavy atom. The molecule has 1 unspecified atom stereocenters. The monoisotopic (exact) mass is 334 g/mol. The summed E-state index contributed by atoms with van der Waals surface area (Å²) in [5.41, 5.74) is 1.21. The summed E-state index contributed by atoms with van der Waals surface area (Å²) in [6.07, 6.45) is 5.76. The quantitative estimate of drug-likeness (QED) is 0.669. The van der Waals surface area contributed by atoms with Gasteiger partial charge in [0.2, 0.25) is 5.91 Å². The SMILES string of the molecule is CSc1nc(C)cc(C(=O)N2CCCC(C(=O)NC3CC3)C2)n1. The summed E-state index contributed by atoms with van der Waals surface area (Å²) in [4.78, 5) is 35.3. The van der Waals surface area contributed by atoms with Gasteiger partial charge in [-0.15, -0.1) is 0 Å². The van der Waals surface area contributed by atoms with Gasteiger partial charge in [-0.25, -0.2) is 9.97 Å². The molecule has 2 aliphatic rings. The molecule has 1 aliphatic heterocycles. The van der Waals surface area contributed by atoms with Crippen molar-refractivity contribution in [3.05, 3.63) is 17.5 Å². The predicted molar refractivity (Wildman–Crippen MR) is 88.3 cm³/mol. The first-order valence-electron chi connectivity index (χ1n) is 8.06. The van der Waals surface area contributed by atoms with Gasteiger partial charge in [0.15, 0.2) is 5.16 Å². The largest absolute Gasteiger partial charge is 0.353 e. The normalized spacial score (nSPS) is 21.1. The van der Waals surface area contributed by atoms with E-state index in [0.717, 1.165) is 31.4 Å². The van der Waals surface area contributed by atoms with Crippen LogP contribution in [0.5, 0.6) is 0 Å². The summed E-state index contributed by atoms with van der Waals surface area (Å²) in [6, 6.07) is 2.08. The van der Waals surface area contributed by atoms with Crippen LogP contribution >= 0.6 is 11.8 Å². The number of aryl methyl sites for hydroxylation is 1. The van der Waals surface area contributed by atoms with Gasteiger partial charge in [-0.2, -0.15) is 0 Å². The Labute approximate surface area is 140 Å². The highest BCUT2D eigenvalue weighted by molar-refractivity contribution is 7.98. The van der Waals surface area contributed by atoms with E-state index in [1.165, 1.54) is 11.8 Å². The Hall–Kier alpha value is -1.63. The lowest BCUT2D eigenvalue weighted by atomic mass is 9.96. The van der Waals surface area contributed by atoms with Crippen LogP contribution < -0.4 is 5.32 Å². The molecule has 0 aromatic carbocycles. The second-order valence-corrected chi connectivity index (χ2v) is 7.03. The van der Waals surface area contributed by atoms with Gasteiger partial charge in [0.25, 0.3) is 5.91 Å². The Balaban J connectivity index is 1.68. The number of carbonyl (C=O) groups excluding carboxylic acids is 2. The van der Waals surface area contributed by atoms with Gasteiger partial charge in [0.1, 0.15) is 5.69 Å². The predicted octanol–water partition coefficient (Wildman–Crippen LogP) is 1.64. The van der Waals surface area contributed by atoms with Crippen LogP contribution in [0.4, 0.5) is 0 Å². The first-order chi connectivity index (χ1) is 11.1. The molecular weight excluding hydrogens is 312 g/mol. The van der Waals surface area contributed by atoms with Gasteiger partial charge >= 0.3 is 0 Å². The van der Waals surface area contributed by atoms with E-state index in [1.807, 2.05) is 13.2 Å². The number of amides is 2. The maximum atomic E-state index is 12.7. The van der Waals surface area contributed by atoms with Crippen LogP contribution in [0.15, 0.2) is 11.2 Å². The standard InChI is InChI=1S/C16H22N4O2S/c1-10-8-13(19-16(17-10)23-2)15(22)20-7-3-4-11(9-20)14(21)18-12-5-6-12/h8,11-12H,3-7,9H2,1-2H3,(H,18,21). The van der Waals surface area contributed by atoms with Crippen molar-refractivity contribution in [2.75, 3.05) is 19.3 Å². The van der Waals surface area contributed by atoms with E-state index in [9.17, 15) is 9.59 Å². The third-order valence-corrected chi connectivity index (χ3v) is 4.79. The minimum Gasteiger partial charge on any atom is -0.353 e. The second-order valence-electron chi connectivity index (χ2n) is 6.25. The zero-order valence-corrected chi connectivity index (χ0v) is 14.4. The molecule has 1 aliphatic carbocycles. The van der Waals surface area contributed by atoms with Crippen molar-refractivity contribution in [3.8, 4) is 0 Å². The molecule has 2 heterocycles. The lowest BCUT2D eigenvalue weighted by Crippen LogP contribution is -2.46. The van der Waals surface area contributed by atoms with Crippen LogP contribution in [0.2, 0.25) is 0 Å². The molecule has 0 bridgehead atoms. The van der Waals surface area contributed by atoms with Crippen molar-refractivity contribution in [2.45, 2.75) is 43.8 Å². The lowest BCUT2D eigenvalue weighted by molar-refractivity contribution is -0.126. The summed E-state index contributed by atoms with van der Waals surface area (Å²) in [5.74, 6) is -0.111. The molecule has 1 N–H and O–H groups in total. The van der Waals surface area contributed by atoms with Crippen LogP contribution in [-0.2, 0) is 4.79 Å². The molecule has 1 atom stereocenters. The number of thioether (sulfide) groups is 1. The maximum Gasteiger partial charge on any atom is 0.272 e. The molecule has 124 valence electrons. The molecule has 2 fully saturated rings. The second kappa shape index (κ2) is 6.86. The number of nitrogens with one attached hydrogen (secondary N) is 1. The van der Waals surface area contributed by atoms with Crippen LogP contribution in [0.1, 0.15) is 41.9 Å². The fraction of sp³-hybridized carbons (Fsp3) is 0.625. The van der Waals surface area contributed by atoms with Crippen LogP contribution in [0.3, 0.4) is 0 Å². The van der Waals surface area contributed by atoms with E-state index < -0.39 is 0 Å². The maximum absolute atomic E-state index is 12.7. The number of carbonyl (C=O) groups is 2. The van der Waals surface area contributed by atoms with E-state index in [1.54, 1.807) is 11.0 Å². The summed E-state index contributed by atoms with van der Waals surface area (Å²) >= 11 is 1.42. The minimum absolute atomic E-state index is 0.0914. The molecule has 1 aromatic rings. The van der Waals surface area contributed by atoms with Crippen molar-refractivity contribution >= 4 is 23.6 Å². The van der Waals surface area contributed by atoms with Gasteiger partial charge in [-0.05, 0) is 44.9 Å². The molecule has 0 spiro atoms. The molecule has 7 heteroatoms. The molecule has 3 rings (SSSR count). The van der Waals surface area contributed by atoms with Gasteiger partial charge in [0, 0.05) is 24.8 Å². The summed E-state index contributed by atoms with van der Waals surface area (Å²) in [5, 5.41) is 3.65. The fourth-order valence-electron chi connectivity index (χ4n) is 2.83. The highest BCUT2D eigenvalue weighted by Gasteiger charge is 2.32. The number of aromatic nitrogens is 2. The van der Waals surface area contributed by atoms with E-state index >= 15 is 0 Å². The van der Waals surface area contributed by atoms with E-state index in [4.69, 9.17) is 0 Å². The summed E-state index contributed by atoms with van der Waals surface area (Å²) in [7, 11) is 0. The van der Waals surface area contributed by atoms with Crippen LogP contribution in [0.25, 0.3) is 0 Å².